The Labute approximate surface area is 93.2 Å². The number of phenolic OH excluding ortho intramolecular Hbond substituents is 1. The second kappa shape index (κ2) is 4.45. The molecule has 4 nitrogen and oxygen atoms in total. The molecule has 0 radical (unpaired) electrons. The number of anilines is 1. The Morgan fingerprint density at radius 3 is 2.86 bits per heavy atom. The maximum Gasteiger partial charge on any atom is 0.411 e. The third kappa shape index (κ3) is 2.25. The maximum absolute atomic E-state index is 13.3. The lowest BCUT2D eigenvalue weighted by molar-refractivity contribution is 0.186. The molecule has 76 valence electrons. The van der Waals surface area contributed by atoms with Crippen LogP contribution in [0.3, 0.4) is 0 Å². The van der Waals surface area contributed by atoms with Crippen molar-refractivity contribution in [3.63, 3.8) is 0 Å². The number of hydrogen-bond donors (Lipinski definition) is 2. The highest BCUT2D eigenvalue weighted by Gasteiger charge is 2.14. The van der Waals surface area contributed by atoms with E-state index in [1.54, 1.807) is 22.6 Å². The molecule has 0 heterocycles. The molecule has 2 N–H and O–H groups in total. The van der Waals surface area contributed by atoms with Gasteiger partial charge in [0.15, 0.2) is 5.82 Å². The van der Waals surface area contributed by atoms with Gasteiger partial charge in [0.2, 0.25) is 0 Å². The van der Waals surface area contributed by atoms with Crippen molar-refractivity contribution in [2.75, 3.05) is 12.4 Å². The predicted octanol–water partition coefficient (Wildman–Crippen LogP) is 2.31. The Hall–Kier alpha value is -1.05. The Kier molecular flexibility index (Phi) is 3.50. The number of halogens is 2. The Balaban J connectivity index is 3.06. The van der Waals surface area contributed by atoms with Gasteiger partial charge < -0.3 is 9.84 Å². The fourth-order valence-corrected chi connectivity index (χ4v) is 1.26. The summed E-state index contributed by atoms with van der Waals surface area (Å²) in [5.41, 5.74) is -0.274. The number of benzene rings is 1. The van der Waals surface area contributed by atoms with Crippen molar-refractivity contribution in [3.8, 4) is 5.75 Å². The second-order valence-corrected chi connectivity index (χ2v) is 3.53. The van der Waals surface area contributed by atoms with E-state index in [9.17, 15) is 14.3 Å². The van der Waals surface area contributed by atoms with E-state index in [4.69, 9.17) is 0 Å². The summed E-state index contributed by atoms with van der Waals surface area (Å²) in [6, 6.07) is 2.68. The highest BCUT2D eigenvalue weighted by molar-refractivity contribution is 14.1. The predicted molar refractivity (Wildman–Crippen MR) is 56.8 cm³/mol. The molecule has 0 fully saturated rings. The quantitative estimate of drug-likeness (QED) is 0.618. The normalized spacial score (nSPS) is 9.64. The summed E-state index contributed by atoms with van der Waals surface area (Å²) in [6.45, 7) is 0. The van der Waals surface area contributed by atoms with Crippen LogP contribution in [0.5, 0.6) is 5.75 Å². The molecule has 0 spiro atoms. The fourth-order valence-electron chi connectivity index (χ4n) is 0.812. The van der Waals surface area contributed by atoms with Crippen LogP contribution in [0.25, 0.3) is 0 Å². The molecule has 0 atom stereocenters. The standard InChI is InChI=1S/C8H7FINO3/c1-14-8(13)11-7-5(12)3-2-4(10)6(7)9/h2-3,12H,1H3,(H,11,13). The monoisotopic (exact) mass is 311 g/mol. The molecule has 1 amide bonds. The van der Waals surface area contributed by atoms with Gasteiger partial charge in [-0.3, -0.25) is 5.32 Å². The van der Waals surface area contributed by atoms with Gasteiger partial charge in [-0.1, -0.05) is 0 Å². The SMILES string of the molecule is COC(=O)Nc1c(O)ccc(I)c1F. The first-order chi connectivity index (χ1) is 6.56. The van der Waals surface area contributed by atoms with Crippen LogP contribution in [0.15, 0.2) is 12.1 Å². The van der Waals surface area contributed by atoms with Crippen LogP contribution in [0.2, 0.25) is 0 Å². The third-order valence-electron chi connectivity index (χ3n) is 1.49. The zero-order valence-electron chi connectivity index (χ0n) is 7.17. The van der Waals surface area contributed by atoms with Crippen molar-refractivity contribution in [2.45, 2.75) is 0 Å². The van der Waals surface area contributed by atoms with Gasteiger partial charge in [-0.15, -0.1) is 0 Å². The van der Waals surface area contributed by atoms with E-state index >= 15 is 0 Å². The average molecular weight is 311 g/mol. The van der Waals surface area contributed by atoms with Gasteiger partial charge in [0.25, 0.3) is 0 Å². The molecule has 0 saturated heterocycles. The van der Waals surface area contributed by atoms with E-state index in [2.05, 4.69) is 10.1 Å². The molecule has 0 aliphatic rings. The zero-order valence-corrected chi connectivity index (χ0v) is 9.33. The molecule has 6 heteroatoms. The zero-order chi connectivity index (χ0) is 10.7. The summed E-state index contributed by atoms with van der Waals surface area (Å²) < 4.78 is 17.9. The van der Waals surface area contributed by atoms with Crippen LogP contribution >= 0.6 is 22.6 Å². The van der Waals surface area contributed by atoms with Crippen molar-refractivity contribution < 1.29 is 19.0 Å². The highest BCUT2D eigenvalue weighted by Crippen LogP contribution is 2.29. The minimum Gasteiger partial charge on any atom is -0.506 e. The summed E-state index contributed by atoms with van der Waals surface area (Å²) in [6.07, 6.45) is -0.832. The molecule has 1 rings (SSSR count). The van der Waals surface area contributed by atoms with E-state index in [0.29, 0.717) is 3.57 Å². The fraction of sp³-hybridized carbons (Fsp3) is 0.125. The summed E-state index contributed by atoms with van der Waals surface area (Å²) in [7, 11) is 1.15. The number of hydrogen-bond acceptors (Lipinski definition) is 3. The van der Waals surface area contributed by atoms with Crippen molar-refractivity contribution in [3.05, 3.63) is 21.5 Å². The van der Waals surface area contributed by atoms with Crippen molar-refractivity contribution in [1.82, 2.24) is 0 Å². The average Bonchev–Trinajstić information content (AvgIpc) is 2.18. The minimum absolute atomic E-state index is 0.274. The van der Waals surface area contributed by atoms with Crippen molar-refractivity contribution in [1.29, 1.82) is 0 Å². The topological polar surface area (TPSA) is 58.6 Å². The molecular formula is C8H7FINO3. The van der Waals surface area contributed by atoms with Crippen molar-refractivity contribution >= 4 is 34.4 Å². The third-order valence-corrected chi connectivity index (χ3v) is 2.32. The van der Waals surface area contributed by atoms with E-state index in [-0.39, 0.29) is 11.4 Å². The van der Waals surface area contributed by atoms with Gasteiger partial charge >= 0.3 is 6.09 Å². The minimum atomic E-state index is -0.832. The second-order valence-electron chi connectivity index (χ2n) is 2.37. The summed E-state index contributed by atoms with van der Waals surface area (Å²) in [5, 5.41) is 11.3. The molecule has 0 unspecified atom stereocenters. The summed E-state index contributed by atoms with van der Waals surface area (Å²) in [5.74, 6) is -1.02. The van der Waals surface area contributed by atoms with Crippen LogP contribution in [0, 0.1) is 9.39 Å². The Bertz CT molecular complexity index is 370. The number of amides is 1. The number of carbonyl (C=O) groups is 1. The van der Waals surface area contributed by atoms with Crippen LogP contribution in [-0.2, 0) is 4.74 Å². The number of carbonyl (C=O) groups excluding carboxylic acids is 1. The van der Waals surface area contributed by atoms with E-state index in [0.717, 1.165) is 7.11 Å². The van der Waals surface area contributed by atoms with Gasteiger partial charge in [0, 0.05) is 0 Å². The first-order valence-electron chi connectivity index (χ1n) is 3.58. The molecule has 0 saturated carbocycles. The van der Waals surface area contributed by atoms with Crippen LogP contribution in [0.1, 0.15) is 0 Å². The first kappa shape index (κ1) is 11.0. The van der Waals surface area contributed by atoms with Gasteiger partial charge in [0.1, 0.15) is 11.4 Å². The molecule has 0 bridgehead atoms. The number of rotatable bonds is 1. The Morgan fingerprint density at radius 2 is 2.29 bits per heavy atom. The van der Waals surface area contributed by atoms with Crippen LogP contribution in [-0.4, -0.2) is 18.3 Å². The molecule has 1 aromatic rings. The van der Waals surface area contributed by atoms with E-state index in [1.165, 1.54) is 12.1 Å². The van der Waals surface area contributed by atoms with E-state index < -0.39 is 11.9 Å². The lowest BCUT2D eigenvalue weighted by Crippen LogP contribution is -2.12. The molecular weight excluding hydrogens is 304 g/mol. The van der Waals surface area contributed by atoms with Gasteiger partial charge in [-0.2, -0.15) is 0 Å². The molecule has 0 aromatic heterocycles. The lowest BCUT2D eigenvalue weighted by Gasteiger charge is -2.07. The molecule has 0 aliphatic carbocycles. The van der Waals surface area contributed by atoms with Crippen LogP contribution in [0.4, 0.5) is 14.9 Å². The number of nitrogens with one attached hydrogen (secondary N) is 1. The number of ether oxygens (including phenoxy) is 1. The molecule has 0 aliphatic heterocycles. The maximum atomic E-state index is 13.3. The molecule has 14 heavy (non-hydrogen) atoms. The van der Waals surface area contributed by atoms with Gasteiger partial charge in [0.05, 0.1) is 10.7 Å². The number of aromatic hydroxyl groups is 1. The lowest BCUT2D eigenvalue weighted by atomic mass is 10.3. The summed E-state index contributed by atoms with van der Waals surface area (Å²) in [4.78, 5) is 10.8. The smallest absolute Gasteiger partial charge is 0.411 e. The van der Waals surface area contributed by atoms with Crippen molar-refractivity contribution in [2.24, 2.45) is 0 Å². The van der Waals surface area contributed by atoms with E-state index in [1.807, 2.05) is 0 Å². The largest absolute Gasteiger partial charge is 0.506 e. The van der Waals surface area contributed by atoms with Crippen LogP contribution < -0.4 is 5.32 Å². The Morgan fingerprint density at radius 1 is 1.64 bits per heavy atom. The number of phenols is 1. The summed E-state index contributed by atoms with van der Waals surface area (Å²) >= 11 is 1.75. The molecule has 1 aromatic carbocycles. The van der Waals surface area contributed by atoms with Gasteiger partial charge in [-0.05, 0) is 34.7 Å². The highest BCUT2D eigenvalue weighted by atomic mass is 127. The number of methoxy groups -OCH3 is 1. The van der Waals surface area contributed by atoms with Gasteiger partial charge in [-0.25, -0.2) is 9.18 Å². The first-order valence-corrected chi connectivity index (χ1v) is 4.66.